The first-order valence-electron chi connectivity index (χ1n) is 9.00. The minimum absolute atomic E-state index is 0.0911. The number of hydrogen-bond acceptors (Lipinski definition) is 6. The van der Waals surface area contributed by atoms with Gasteiger partial charge in [0.25, 0.3) is 11.8 Å². The van der Waals surface area contributed by atoms with E-state index in [0.29, 0.717) is 29.6 Å². The molecule has 0 aliphatic rings. The minimum Gasteiger partial charge on any atom is -0.459 e. The second-order valence-electron chi connectivity index (χ2n) is 6.20. The van der Waals surface area contributed by atoms with Crippen molar-refractivity contribution < 1.29 is 13.6 Å². The molecular formula is C20H19N5O3. The van der Waals surface area contributed by atoms with Gasteiger partial charge in [0, 0.05) is 24.5 Å². The normalized spacial score (nSPS) is 10.9. The van der Waals surface area contributed by atoms with E-state index in [1.54, 1.807) is 46.3 Å². The van der Waals surface area contributed by atoms with E-state index in [2.05, 4.69) is 15.3 Å². The maximum Gasteiger partial charge on any atom is 0.283 e. The van der Waals surface area contributed by atoms with Gasteiger partial charge in [-0.1, -0.05) is 6.92 Å². The number of amides is 1. The molecule has 0 atom stereocenters. The third-order valence-corrected chi connectivity index (χ3v) is 4.19. The lowest BCUT2D eigenvalue weighted by atomic mass is 10.1. The van der Waals surface area contributed by atoms with Crippen LogP contribution in [-0.4, -0.2) is 37.3 Å². The van der Waals surface area contributed by atoms with Crippen LogP contribution in [0.3, 0.4) is 0 Å². The van der Waals surface area contributed by atoms with E-state index in [4.69, 9.17) is 8.83 Å². The van der Waals surface area contributed by atoms with E-state index in [0.717, 1.165) is 12.1 Å². The van der Waals surface area contributed by atoms with Gasteiger partial charge in [0.2, 0.25) is 5.89 Å². The Kier molecular flexibility index (Phi) is 5.01. The summed E-state index contributed by atoms with van der Waals surface area (Å²) in [6.45, 7) is 2.84. The Labute approximate surface area is 161 Å². The molecule has 142 valence electrons. The quantitative estimate of drug-likeness (QED) is 0.489. The maximum absolute atomic E-state index is 13.0. The number of rotatable bonds is 7. The predicted octanol–water partition coefficient (Wildman–Crippen LogP) is 3.57. The number of carbonyl (C=O) groups is 1. The topological polar surface area (TPSA) is 90.2 Å². The minimum atomic E-state index is -0.0911. The predicted molar refractivity (Wildman–Crippen MR) is 101 cm³/mol. The maximum atomic E-state index is 13.0. The van der Waals surface area contributed by atoms with Crippen molar-refractivity contribution in [2.75, 3.05) is 6.54 Å². The lowest BCUT2D eigenvalue weighted by molar-refractivity contribution is 0.0728. The van der Waals surface area contributed by atoms with Gasteiger partial charge in [0.05, 0.1) is 18.5 Å². The summed E-state index contributed by atoms with van der Waals surface area (Å²) in [6.07, 6.45) is 5.92. The molecule has 4 aromatic rings. The van der Waals surface area contributed by atoms with Crippen molar-refractivity contribution in [2.45, 2.75) is 19.9 Å². The molecule has 0 fully saturated rings. The average Bonchev–Trinajstić information content (AvgIpc) is 3.49. The molecule has 1 aromatic carbocycles. The fraction of sp³-hybridized carbons (Fsp3) is 0.200. The van der Waals surface area contributed by atoms with Crippen molar-refractivity contribution in [3.63, 3.8) is 0 Å². The highest BCUT2D eigenvalue weighted by atomic mass is 16.4. The molecule has 4 rings (SSSR count). The van der Waals surface area contributed by atoms with Crippen LogP contribution in [0.25, 0.3) is 17.3 Å². The molecule has 3 aromatic heterocycles. The standard InChI is InChI=1S/C20H19N5O3/c1-2-11-24(14-18-22-23-19(28-18)17-5-3-13-27-17)20(26)15-6-8-16(9-7-15)25-12-4-10-21-25/h3-10,12-13H,2,11,14H2,1H3. The summed E-state index contributed by atoms with van der Waals surface area (Å²) in [5.41, 5.74) is 1.48. The monoisotopic (exact) mass is 377 g/mol. The van der Waals surface area contributed by atoms with Gasteiger partial charge in [0.15, 0.2) is 5.76 Å². The van der Waals surface area contributed by atoms with Gasteiger partial charge < -0.3 is 13.7 Å². The first-order chi connectivity index (χ1) is 13.7. The molecule has 0 N–H and O–H groups in total. The molecule has 0 bridgehead atoms. The number of nitrogens with zero attached hydrogens (tertiary/aromatic N) is 5. The zero-order valence-corrected chi connectivity index (χ0v) is 15.4. The summed E-state index contributed by atoms with van der Waals surface area (Å²) in [6, 6.07) is 12.7. The molecule has 0 aliphatic heterocycles. The zero-order chi connectivity index (χ0) is 19.3. The molecular weight excluding hydrogens is 358 g/mol. The fourth-order valence-electron chi connectivity index (χ4n) is 2.86. The summed E-state index contributed by atoms with van der Waals surface area (Å²) in [4.78, 5) is 14.7. The third-order valence-electron chi connectivity index (χ3n) is 4.19. The van der Waals surface area contributed by atoms with Crippen LogP contribution in [0.2, 0.25) is 0 Å². The first kappa shape index (κ1) is 17.7. The Hall–Kier alpha value is -3.68. The van der Waals surface area contributed by atoms with Crippen LogP contribution >= 0.6 is 0 Å². The zero-order valence-electron chi connectivity index (χ0n) is 15.4. The molecule has 0 saturated carbocycles. The molecule has 3 heterocycles. The Morgan fingerprint density at radius 2 is 2.00 bits per heavy atom. The fourth-order valence-corrected chi connectivity index (χ4v) is 2.86. The second kappa shape index (κ2) is 7.91. The Morgan fingerprint density at radius 3 is 2.68 bits per heavy atom. The molecule has 0 saturated heterocycles. The third kappa shape index (κ3) is 3.71. The summed E-state index contributed by atoms with van der Waals surface area (Å²) < 4.78 is 12.6. The van der Waals surface area contributed by atoms with Crippen LogP contribution in [0.5, 0.6) is 0 Å². The molecule has 0 aliphatic carbocycles. The van der Waals surface area contributed by atoms with Gasteiger partial charge in [-0.2, -0.15) is 5.10 Å². The number of benzene rings is 1. The number of aromatic nitrogens is 4. The van der Waals surface area contributed by atoms with Crippen molar-refractivity contribution in [1.29, 1.82) is 0 Å². The van der Waals surface area contributed by atoms with Crippen molar-refractivity contribution in [3.05, 3.63) is 72.6 Å². The van der Waals surface area contributed by atoms with Gasteiger partial charge in [-0.15, -0.1) is 10.2 Å². The van der Waals surface area contributed by atoms with Gasteiger partial charge in [-0.25, -0.2) is 4.68 Å². The largest absolute Gasteiger partial charge is 0.459 e. The van der Waals surface area contributed by atoms with E-state index in [9.17, 15) is 4.79 Å². The highest BCUT2D eigenvalue weighted by molar-refractivity contribution is 5.94. The van der Waals surface area contributed by atoms with Crippen molar-refractivity contribution >= 4 is 5.91 Å². The summed E-state index contributed by atoms with van der Waals surface area (Å²) in [5.74, 6) is 1.07. The van der Waals surface area contributed by atoms with Crippen molar-refractivity contribution in [2.24, 2.45) is 0 Å². The van der Waals surface area contributed by atoms with Gasteiger partial charge in [0.1, 0.15) is 0 Å². The Morgan fingerprint density at radius 1 is 1.14 bits per heavy atom. The van der Waals surface area contributed by atoms with Crippen LogP contribution in [0.15, 0.2) is 70.0 Å². The lowest BCUT2D eigenvalue weighted by Gasteiger charge is -2.20. The van der Waals surface area contributed by atoms with Crippen LogP contribution in [0, 0.1) is 0 Å². The smallest absolute Gasteiger partial charge is 0.283 e. The Bertz CT molecular complexity index is 1020. The van der Waals surface area contributed by atoms with Gasteiger partial charge in [-0.05, 0) is 48.9 Å². The van der Waals surface area contributed by atoms with E-state index >= 15 is 0 Å². The van der Waals surface area contributed by atoms with Gasteiger partial charge >= 0.3 is 0 Å². The number of furan rings is 1. The highest BCUT2D eigenvalue weighted by Gasteiger charge is 2.19. The molecule has 0 unspecified atom stereocenters. The van der Waals surface area contributed by atoms with Crippen molar-refractivity contribution in [1.82, 2.24) is 24.9 Å². The summed E-state index contributed by atoms with van der Waals surface area (Å²) in [5, 5.41) is 12.2. The van der Waals surface area contributed by atoms with E-state index < -0.39 is 0 Å². The molecule has 28 heavy (non-hydrogen) atoms. The van der Waals surface area contributed by atoms with E-state index in [-0.39, 0.29) is 12.5 Å². The number of hydrogen-bond donors (Lipinski definition) is 0. The van der Waals surface area contributed by atoms with Crippen LogP contribution in [0.1, 0.15) is 29.6 Å². The molecule has 0 spiro atoms. The first-order valence-corrected chi connectivity index (χ1v) is 9.00. The molecule has 1 amide bonds. The molecule has 0 radical (unpaired) electrons. The SMILES string of the molecule is CCCN(Cc1nnc(-c2ccco2)o1)C(=O)c1ccc(-n2cccn2)cc1. The van der Waals surface area contributed by atoms with Crippen molar-refractivity contribution in [3.8, 4) is 17.3 Å². The van der Waals surface area contributed by atoms with Gasteiger partial charge in [-0.3, -0.25) is 4.79 Å². The molecule has 8 heteroatoms. The lowest BCUT2D eigenvalue weighted by Crippen LogP contribution is -2.31. The van der Waals surface area contributed by atoms with Crippen LogP contribution < -0.4 is 0 Å². The van der Waals surface area contributed by atoms with Crippen LogP contribution in [-0.2, 0) is 6.54 Å². The summed E-state index contributed by atoms with van der Waals surface area (Å²) >= 11 is 0. The van der Waals surface area contributed by atoms with E-state index in [1.807, 2.05) is 31.3 Å². The molecule has 8 nitrogen and oxygen atoms in total. The van der Waals surface area contributed by atoms with E-state index in [1.165, 1.54) is 0 Å². The average molecular weight is 377 g/mol. The summed E-state index contributed by atoms with van der Waals surface area (Å²) in [7, 11) is 0. The second-order valence-corrected chi connectivity index (χ2v) is 6.20. The Balaban J connectivity index is 1.50. The highest BCUT2D eigenvalue weighted by Crippen LogP contribution is 2.19. The van der Waals surface area contributed by atoms with Crippen LogP contribution in [0.4, 0.5) is 0 Å². The number of carbonyl (C=O) groups excluding carboxylic acids is 1.